The van der Waals surface area contributed by atoms with Gasteiger partial charge in [0.25, 0.3) is 0 Å². The van der Waals surface area contributed by atoms with Gasteiger partial charge in [-0.05, 0) is 6.07 Å². The second kappa shape index (κ2) is 5.09. The van der Waals surface area contributed by atoms with E-state index >= 15 is 0 Å². The van der Waals surface area contributed by atoms with Gasteiger partial charge in [-0.2, -0.15) is 5.10 Å². The molecule has 0 bridgehead atoms. The largest absolute Gasteiger partial charge is 0.368 e. The first-order valence-corrected chi connectivity index (χ1v) is 5.49. The van der Waals surface area contributed by atoms with E-state index in [1.54, 1.807) is 6.20 Å². The Morgan fingerprint density at radius 3 is 3.12 bits per heavy atom. The van der Waals surface area contributed by atoms with Gasteiger partial charge in [-0.15, -0.1) is 0 Å². The number of hydrogen-bond acceptors (Lipinski definition) is 4. The molecule has 0 aromatic carbocycles. The highest BCUT2D eigenvalue weighted by Gasteiger charge is 2.26. The molecule has 1 atom stereocenters. The van der Waals surface area contributed by atoms with Gasteiger partial charge in [-0.25, -0.2) is 0 Å². The number of hydrogen-bond donors (Lipinski definition) is 2. The second-order valence-corrected chi connectivity index (χ2v) is 3.93. The van der Waals surface area contributed by atoms with Gasteiger partial charge >= 0.3 is 0 Å². The summed E-state index contributed by atoms with van der Waals surface area (Å²) in [6, 6.07) is 1.70. The molecule has 6 heteroatoms. The molecule has 2 heterocycles. The Bertz CT molecular complexity index is 337. The van der Waals surface area contributed by atoms with Crippen molar-refractivity contribution in [1.29, 1.82) is 0 Å². The van der Waals surface area contributed by atoms with Crippen LogP contribution in [0.2, 0.25) is 0 Å². The van der Waals surface area contributed by atoms with Crippen molar-refractivity contribution < 1.29 is 4.79 Å². The fraction of sp³-hybridized carbons (Fsp3) is 0.600. The van der Waals surface area contributed by atoms with E-state index in [-0.39, 0.29) is 11.9 Å². The van der Waals surface area contributed by atoms with Crippen LogP contribution >= 0.6 is 0 Å². The number of aromatic nitrogens is 2. The maximum absolute atomic E-state index is 11.2. The molecule has 0 spiro atoms. The molecule has 0 radical (unpaired) electrons. The van der Waals surface area contributed by atoms with E-state index in [0.29, 0.717) is 6.54 Å². The maximum Gasteiger partial charge on any atom is 0.236 e. The van der Waals surface area contributed by atoms with E-state index in [0.717, 1.165) is 26.2 Å². The minimum Gasteiger partial charge on any atom is -0.368 e. The zero-order valence-electron chi connectivity index (χ0n) is 9.17. The Labute approximate surface area is 94.4 Å². The van der Waals surface area contributed by atoms with Gasteiger partial charge < -0.3 is 11.1 Å². The van der Waals surface area contributed by atoms with E-state index in [4.69, 9.17) is 5.73 Å². The average molecular weight is 223 g/mol. The molecule has 6 nitrogen and oxygen atoms in total. The quantitative estimate of drug-likeness (QED) is 0.661. The predicted molar refractivity (Wildman–Crippen MR) is 59.7 cm³/mol. The highest BCUT2D eigenvalue weighted by Crippen LogP contribution is 2.03. The van der Waals surface area contributed by atoms with Crippen LogP contribution in [0, 0.1) is 0 Å². The first-order chi connectivity index (χ1) is 7.77. The van der Waals surface area contributed by atoms with Crippen LogP contribution < -0.4 is 11.1 Å². The number of piperazine rings is 1. The van der Waals surface area contributed by atoms with Gasteiger partial charge in [0.2, 0.25) is 5.91 Å². The number of rotatable bonds is 4. The van der Waals surface area contributed by atoms with Crippen molar-refractivity contribution >= 4 is 5.91 Å². The lowest BCUT2D eigenvalue weighted by atomic mass is 10.2. The molecule has 1 aliphatic rings. The molecule has 1 saturated heterocycles. The standard InChI is InChI=1S/C10H17N5O/c11-10(16)9-8-12-3-5-14(9)6-7-15-4-1-2-13-15/h1-2,4,9,12H,3,5-8H2,(H2,11,16). The van der Waals surface area contributed by atoms with Crippen molar-refractivity contribution in [3.63, 3.8) is 0 Å². The van der Waals surface area contributed by atoms with E-state index in [9.17, 15) is 4.79 Å². The lowest BCUT2D eigenvalue weighted by molar-refractivity contribution is -0.123. The molecular weight excluding hydrogens is 206 g/mol. The number of primary amides is 1. The number of nitrogens with two attached hydrogens (primary N) is 1. The molecule has 2 rings (SSSR count). The summed E-state index contributed by atoms with van der Waals surface area (Å²) >= 11 is 0. The fourth-order valence-corrected chi connectivity index (χ4v) is 1.96. The summed E-state index contributed by atoms with van der Waals surface area (Å²) in [6.45, 7) is 4.00. The Hall–Kier alpha value is -1.40. The number of nitrogens with zero attached hydrogens (tertiary/aromatic N) is 3. The molecular formula is C10H17N5O. The summed E-state index contributed by atoms with van der Waals surface area (Å²) in [6.07, 6.45) is 3.67. The monoisotopic (exact) mass is 223 g/mol. The summed E-state index contributed by atoms with van der Waals surface area (Å²) in [4.78, 5) is 13.4. The van der Waals surface area contributed by atoms with E-state index < -0.39 is 0 Å². The molecule has 0 aliphatic carbocycles. The van der Waals surface area contributed by atoms with Crippen molar-refractivity contribution in [2.24, 2.45) is 5.73 Å². The third-order valence-corrected chi connectivity index (χ3v) is 2.86. The molecule has 1 amide bonds. The van der Waals surface area contributed by atoms with E-state index in [2.05, 4.69) is 15.3 Å². The Morgan fingerprint density at radius 2 is 2.44 bits per heavy atom. The molecule has 3 N–H and O–H groups in total. The molecule has 1 aromatic heterocycles. The minimum atomic E-state index is -0.257. The number of nitrogens with one attached hydrogen (secondary N) is 1. The lowest BCUT2D eigenvalue weighted by Gasteiger charge is -2.33. The minimum absolute atomic E-state index is 0.190. The molecule has 1 aliphatic heterocycles. The van der Waals surface area contributed by atoms with Gasteiger partial charge in [-0.1, -0.05) is 0 Å². The third-order valence-electron chi connectivity index (χ3n) is 2.86. The lowest BCUT2D eigenvalue weighted by Crippen LogP contribution is -2.57. The Balaban J connectivity index is 1.89. The number of carbonyl (C=O) groups excluding carboxylic acids is 1. The molecule has 1 unspecified atom stereocenters. The van der Waals surface area contributed by atoms with E-state index in [1.807, 2.05) is 16.9 Å². The summed E-state index contributed by atoms with van der Waals surface area (Å²) in [5, 5.41) is 7.30. The smallest absolute Gasteiger partial charge is 0.236 e. The van der Waals surface area contributed by atoms with Crippen LogP contribution in [0.1, 0.15) is 0 Å². The summed E-state index contributed by atoms with van der Waals surface area (Å²) in [7, 11) is 0. The summed E-state index contributed by atoms with van der Waals surface area (Å²) in [5.74, 6) is -0.257. The van der Waals surface area contributed by atoms with Gasteiger partial charge in [0.1, 0.15) is 6.04 Å². The predicted octanol–water partition coefficient (Wildman–Crippen LogP) is -1.36. The fourth-order valence-electron chi connectivity index (χ4n) is 1.96. The second-order valence-electron chi connectivity index (χ2n) is 3.93. The highest BCUT2D eigenvalue weighted by molar-refractivity contribution is 5.80. The van der Waals surface area contributed by atoms with Crippen LogP contribution in [0.25, 0.3) is 0 Å². The summed E-state index contributed by atoms with van der Waals surface area (Å²) in [5.41, 5.74) is 5.36. The van der Waals surface area contributed by atoms with Crippen molar-refractivity contribution in [2.75, 3.05) is 26.2 Å². The van der Waals surface area contributed by atoms with Crippen molar-refractivity contribution in [1.82, 2.24) is 20.0 Å². The summed E-state index contributed by atoms with van der Waals surface area (Å²) < 4.78 is 1.86. The average Bonchev–Trinajstić information content (AvgIpc) is 2.79. The molecule has 88 valence electrons. The Morgan fingerprint density at radius 1 is 1.56 bits per heavy atom. The normalized spacial score (nSPS) is 22.1. The topological polar surface area (TPSA) is 76.2 Å². The number of amides is 1. The van der Waals surface area contributed by atoms with Gasteiger partial charge in [-0.3, -0.25) is 14.4 Å². The highest BCUT2D eigenvalue weighted by atomic mass is 16.1. The van der Waals surface area contributed by atoms with Crippen molar-refractivity contribution in [3.05, 3.63) is 18.5 Å². The van der Waals surface area contributed by atoms with Gasteiger partial charge in [0, 0.05) is 38.6 Å². The molecule has 16 heavy (non-hydrogen) atoms. The Kier molecular flexibility index (Phi) is 3.53. The zero-order chi connectivity index (χ0) is 11.4. The van der Waals surface area contributed by atoms with Gasteiger partial charge in [0.05, 0.1) is 6.54 Å². The van der Waals surface area contributed by atoms with Crippen LogP contribution in [0.15, 0.2) is 18.5 Å². The van der Waals surface area contributed by atoms with Crippen molar-refractivity contribution in [2.45, 2.75) is 12.6 Å². The third kappa shape index (κ3) is 2.59. The first-order valence-electron chi connectivity index (χ1n) is 5.49. The first kappa shape index (κ1) is 11.1. The number of carbonyl (C=O) groups is 1. The molecule has 1 fully saturated rings. The van der Waals surface area contributed by atoms with Crippen molar-refractivity contribution in [3.8, 4) is 0 Å². The van der Waals surface area contributed by atoms with Gasteiger partial charge in [0.15, 0.2) is 0 Å². The zero-order valence-corrected chi connectivity index (χ0v) is 9.17. The van der Waals surface area contributed by atoms with Crippen LogP contribution in [0.4, 0.5) is 0 Å². The SMILES string of the molecule is NC(=O)C1CNCCN1CCn1cccn1. The molecule has 0 saturated carbocycles. The van der Waals surface area contributed by atoms with Crippen LogP contribution in [0.3, 0.4) is 0 Å². The van der Waals surface area contributed by atoms with Crippen LogP contribution in [-0.4, -0.2) is 52.8 Å². The van der Waals surface area contributed by atoms with Crippen LogP contribution in [-0.2, 0) is 11.3 Å². The van der Waals surface area contributed by atoms with Crippen LogP contribution in [0.5, 0.6) is 0 Å². The maximum atomic E-state index is 11.2. The molecule has 1 aromatic rings. The van der Waals surface area contributed by atoms with E-state index in [1.165, 1.54) is 0 Å².